The molecule has 188 valence electrons. The molecule has 0 aliphatic carbocycles. The molecule has 1 fully saturated rings. The number of aromatic hydroxyl groups is 4. The van der Waals surface area contributed by atoms with E-state index in [1.54, 1.807) is 0 Å². The molecule has 0 bridgehead atoms. The molecule has 3 aromatic rings. The van der Waals surface area contributed by atoms with E-state index >= 15 is 0 Å². The summed E-state index contributed by atoms with van der Waals surface area (Å²) in [6.07, 6.45) is -8.26. The van der Waals surface area contributed by atoms with Crippen molar-refractivity contribution in [1.29, 1.82) is 0 Å². The molecule has 0 radical (unpaired) electrons. The summed E-state index contributed by atoms with van der Waals surface area (Å²) >= 11 is 0. The van der Waals surface area contributed by atoms with E-state index in [4.69, 9.17) is 18.6 Å². The molecule has 8 N–H and O–H groups in total. The lowest BCUT2D eigenvalue weighted by Gasteiger charge is -2.39. The third-order valence-electron chi connectivity index (χ3n) is 5.59. The summed E-state index contributed by atoms with van der Waals surface area (Å²) in [6, 6.07) is 4.56. The number of phenols is 3. The van der Waals surface area contributed by atoms with E-state index < -0.39 is 82.5 Å². The lowest BCUT2D eigenvalue weighted by atomic mass is 9.99. The minimum atomic E-state index is -1.82. The molecule has 35 heavy (non-hydrogen) atoms. The number of hydrogen-bond donors (Lipinski definition) is 8. The Kier molecular flexibility index (Phi) is 6.36. The van der Waals surface area contributed by atoms with Crippen molar-refractivity contribution < 1.29 is 59.5 Å². The summed E-state index contributed by atoms with van der Waals surface area (Å²) in [5.74, 6) is -3.72. The van der Waals surface area contributed by atoms with Crippen molar-refractivity contribution in [1.82, 2.24) is 0 Å². The van der Waals surface area contributed by atoms with Crippen molar-refractivity contribution in [3.05, 3.63) is 34.5 Å². The Hall–Kier alpha value is -3.75. The van der Waals surface area contributed by atoms with Crippen molar-refractivity contribution >= 4 is 11.0 Å². The Morgan fingerprint density at radius 3 is 2.29 bits per heavy atom. The van der Waals surface area contributed by atoms with Crippen molar-refractivity contribution in [3.63, 3.8) is 0 Å². The normalized spacial score (nSPS) is 24.4. The van der Waals surface area contributed by atoms with Crippen LogP contribution in [0.2, 0.25) is 0 Å². The second-order valence-corrected chi connectivity index (χ2v) is 7.76. The van der Waals surface area contributed by atoms with Gasteiger partial charge in [-0.3, -0.25) is 4.79 Å². The fraction of sp³-hybridized carbons (Fsp3) is 0.318. The smallest absolute Gasteiger partial charge is 0.238 e. The molecule has 0 saturated carbocycles. The maximum atomic E-state index is 12.8. The molecule has 2 heterocycles. The van der Waals surface area contributed by atoms with Gasteiger partial charge in [0.1, 0.15) is 35.6 Å². The van der Waals surface area contributed by atoms with Crippen LogP contribution in [0.15, 0.2) is 33.5 Å². The van der Waals surface area contributed by atoms with Crippen LogP contribution in [0.25, 0.3) is 22.3 Å². The molecule has 1 aromatic heterocycles. The van der Waals surface area contributed by atoms with E-state index in [9.17, 15) is 45.6 Å². The lowest BCUT2D eigenvalue weighted by Crippen LogP contribution is -2.60. The average molecular weight is 494 g/mol. The summed E-state index contributed by atoms with van der Waals surface area (Å²) in [6.45, 7) is -0.729. The van der Waals surface area contributed by atoms with Crippen molar-refractivity contribution in [2.75, 3.05) is 13.7 Å². The zero-order valence-corrected chi connectivity index (χ0v) is 18.0. The van der Waals surface area contributed by atoms with Crippen molar-refractivity contribution in [3.8, 4) is 45.8 Å². The zero-order valence-electron chi connectivity index (χ0n) is 18.0. The van der Waals surface area contributed by atoms with Gasteiger partial charge in [0, 0.05) is 11.6 Å². The minimum absolute atomic E-state index is 0.00332. The van der Waals surface area contributed by atoms with Gasteiger partial charge in [-0.25, -0.2) is 0 Å². The van der Waals surface area contributed by atoms with Gasteiger partial charge in [-0.1, -0.05) is 0 Å². The van der Waals surface area contributed by atoms with Gasteiger partial charge in [-0.15, -0.1) is 0 Å². The number of benzene rings is 2. The average Bonchev–Trinajstić information content (AvgIpc) is 2.84. The van der Waals surface area contributed by atoms with Gasteiger partial charge in [0.25, 0.3) is 0 Å². The Balaban J connectivity index is 1.83. The topological polar surface area (TPSA) is 220 Å². The summed E-state index contributed by atoms with van der Waals surface area (Å²) in [7, 11) is 1.28. The Bertz CT molecular complexity index is 1320. The first-order valence-corrected chi connectivity index (χ1v) is 10.2. The number of ether oxygens (including phenoxy) is 3. The number of methoxy groups -OCH3 is 1. The van der Waals surface area contributed by atoms with Crippen molar-refractivity contribution in [2.24, 2.45) is 0 Å². The highest BCUT2D eigenvalue weighted by Crippen LogP contribution is 2.44. The Morgan fingerprint density at radius 2 is 1.63 bits per heavy atom. The van der Waals surface area contributed by atoms with E-state index in [2.05, 4.69) is 0 Å². The molecule has 13 heteroatoms. The number of hydrogen-bond acceptors (Lipinski definition) is 13. The van der Waals surface area contributed by atoms with E-state index in [0.29, 0.717) is 0 Å². The van der Waals surface area contributed by atoms with Crippen LogP contribution in [0.3, 0.4) is 0 Å². The van der Waals surface area contributed by atoms with Gasteiger partial charge in [-0.05, 0) is 18.2 Å². The Labute approximate surface area is 195 Å². The number of phenolic OH excluding ortho intramolecular Hbond substituents is 3. The maximum Gasteiger partial charge on any atom is 0.238 e. The Morgan fingerprint density at radius 1 is 0.914 bits per heavy atom. The molecular formula is C22H22O13. The van der Waals surface area contributed by atoms with Crippen LogP contribution in [0, 0.1) is 0 Å². The monoisotopic (exact) mass is 494 g/mol. The summed E-state index contributed by atoms with van der Waals surface area (Å²) in [5, 5.41) is 80.1. The highest BCUT2D eigenvalue weighted by Gasteiger charge is 2.45. The summed E-state index contributed by atoms with van der Waals surface area (Å²) < 4.78 is 21.1. The van der Waals surface area contributed by atoms with Crippen LogP contribution in [0.5, 0.6) is 34.5 Å². The van der Waals surface area contributed by atoms with Crippen LogP contribution in [0.1, 0.15) is 0 Å². The third-order valence-corrected chi connectivity index (χ3v) is 5.59. The van der Waals surface area contributed by atoms with Crippen LogP contribution < -0.4 is 14.9 Å². The highest BCUT2D eigenvalue weighted by atomic mass is 16.7. The van der Waals surface area contributed by atoms with Crippen molar-refractivity contribution in [2.45, 2.75) is 30.7 Å². The fourth-order valence-electron chi connectivity index (χ4n) is 3.70. The van der Waals surface area contributed by atoms with E-state index in [1.807, 2.05) is 0 Å². The van der Waals surface area contributed by atoms with Crippen LogP contribution in [-0.4, -0.2) is 85.3 Å². The number of aliphatic hydroxyl groups excluding tert-OH is 4. The number of aliphatic hydroxyl groups is 4. The van der Waals surface area contributed by atoms with E-state index in [1.165, 1.54) is 25.3 Å². The molecule has 1 aliphatic rings. The van der Waals surface area contributed by atoms with Gasteiger partial charge < -0.3 is 59.5 Å². The zero-order chi connectivity index (χ0) is 25.6. The first kappa shape index (κ1) is 24.4. The van der Waals surface area contributed by atoms with Crippen LogP contribution >= 0.6 is 0 Å². The van der Waals surface area contributed by atoms with Crippen LogP contribution in [0.4, 0.5) is 0 Å². The molecular weight excluding hydrogens is 472 g/mol. The van der Waals surface area contributed by atoms with Gasteiger partial charge >= 0.3 is 0 Å². The second-order valence-electron chi connectivity index (χ2n) is 7.76. The fourth-order valence-corrected chi connectivity index (χ4v) is 3.70. The molecule has 0 amide bonds. The molecule has 4 rings (SSSR count). The summed E-state index contributed by atoms with van der Waals surface area (Å²) in [5.41, 5.74) is -1.62. The number of fused-ring (bicyclic) bond motifs is 1. The quantitative estimate of drug-likeness (QED) is 0.209. The van der Waals surface area contributed by atoms with E-state index in [0.717, 1.165) is 6.07 Å². The van der Waals surface area contributed by atoms with Crippen LogP contribution in [-0.2, 0) is 4.74 Å². The molecule has 1 saturated heterocycles. The van der Waals surface area contributed by atoms with Gasteiger partial charge in [0.05, 0.1) is 13.7 Å². The van der Waals surface area contributed by atoms with Gasteiger partial charge in [0.2, 0.25) is 23.2 Å². The highest BCUT2D eigenvalue weighted by molar-refractivity contribution is 5.93. The molecule has 13 nitrogen and oxygen atoms in total. The molecule has 0 spiro atoms. The molecule has 2 aromatic carbocycles. The maximum absolute atomic E-state index is 12.8. The van der Waals surface area contributed by atoms with Gasteiger partial charge in [-0.2, -0.15) is 0 Å². The molecule has 5 unspecified atom stereocenters. The predicted octanol–water partition coefficient (Wildman–Crippen LogP) is -0.530. The minimum Gasteiger partial charge on any atom is -0.507 e. The van der Waals surface area contributed by atoms with E-state index in [-0.39, 0.29) is 17.1 Å². The second kappa shape index (κ2) is 9.13. The largest absolute Gasteiger partial charge is 0.507 e. The first-order valence-electron chi connectivity index (χ1n) is 10.2. The van der Waals surface area contributed by atoms with Gasteiger partial charge in [0.15, 0.2) is 28.6 Å². The number of rotatable bonds is 5. The predicted molar refractivity (Wildman–Crippen MR) is 116 cm³/mol. The SMILES string of the molecule is COc1cc(-c2oc3c(O)c(OC4OC(CO)C(O)C(O)C4O)cc(O)c3c(=O)c2O)ccc1O. The molecule has 1 aliphatic heterocycles. The first-order chi connectivity index (χ1) is 16.6. The standard InChI is InChI=1S/C22H22O13/c1-32-10-4-7(2-3-8(10)24)20-18(30)16(28)13-9(25)5-11(15(27)21(13)35-20)33-22-19(31)17(29)14(26)12(6-23)34-22/h2-5,12,14,17,19,22-27,29-31H,6H2,1H3. The third kappa shape index (κ3) is 4.05. The lowest BCUT2D eigenvalue weighted by molar-refractivity contribution is -0.277. The summed E-state index contributed by atoms with van der Waals surface area (Å²) in [4.78, 5) is 12.8. The molecule has 5 atom stereocenters.